The van der Waals surface area contributed by atoms with Crippen LogP contribution in [-0.4, -0.2) is 5.54 Å². The van der Waals surface area contributed by atoms with Crippen LogP contribution in [0, 0.1) is 12.7 Å². The standard InChI is InChI=1S/C16H20FNOS/c1-11-14(8-9-19-11)20-15-12(6-5-7-13(15)17)10-18-16(2,3)4/h5-9,18H,10H2,1-4H3. The van der Waals surface area contributed by atoms with E-state index in [1.165, 1.54) is 17.8 Å². The van der Waals surface area contributed by atoms with E-state index in [0.717, 1.165) is 16.2 Å². The van der Waals surface area contributed by atoms with Crippen molar-refractivity contribution in [2.45, 2.75) is 49.6 Å². The zero-order valence-corrected chi connectivity index (χ0v) is 13.1. The molecule has 1 N–H and O–H groups in total. The molecule has 0 aliphatic heterocycles. The lowest BCUT2D eigenvalue weighted by Crippen LogP contribution is -2.35. The van der Waals surface area contributed by atoms with Gasteiger partial charge in [-0.25, -0.2) is 4.39 Å². The molecule has 0 unspecified atom stereocenters. The Morgan fingerprint density at radius 2 is 2.00 bits per heavy atom. The van der Waals surface area contributed by atoms with Crippen molar-refractivity contribution in [1.29, 1.82) is 0 Å². The van der Waals surface area contributed by atoms with Crippen molar-refractivity contribution in [3.8, 4) is 0 Å². The molecule has 0 spiro atoms. The number of hydrogen-bond donors (Lipinski definition) is 1. The molecule has 0 aliphatic rings. The van der Waals surface area contributed by atoms with E-state index in [-0.39, 0.29) is 11.4 Å². The molecule has 0 saturated heterocycles. The molecule has 2 rings (SSSR count). The van der Waals surface area contributed by atoms with E-state index in [0.29, 0.717) is 11.4 Å². The lowest BCUT2D eigenvalue weighted by molar-refractivity contribution is 0.421. The Morgan fingerprint density at radius 3 is 2.60 bits per heavy atom. The van der Waals surface area contributed by atoms with Crippen LogP contribution < -0.4 is 5.32 Å². The number of furan rings is 1. The number of aryl methyl sites for hydroxylation is 1. The van der Waals surface area contributed by atoms with Gasteiger partial charge in [0.05, 0.1) is 16.1 Å². The van der Waals surface area contributed by atoms with Crippen molar-refractivity contribution in [2.24, 2.45) is 0 Å². The van der Waals surface area contributed by atoms with Gasteiger partial charge >= 0.3 is 0 Å². The summed E-state index contributed by atoms with van der Waals surface area (Å²) in [6.45, 7) is 8.81. The summed E-state index contributed by atoms with van der Waals surface area (Å²) in [5.74, 6) is 0.622. The van der Waals surface area contributed by atoms with Crippen LogP contribution in [0.2, 0.25) is 0 Å². The molecule has 0 saturated carbocycles. The highest BCUT2D eigenvalue weighted by Gasteiger charge is 2.15. The van der Waals surface area contributed by atoms with E-state index in [4.69, 9.17) is 4.42 Å². The third-order valence-electron chi connectivity index (χ3n) is 2.88. The van der Waals surface area contributed by atoms with Crippen molar-refractivity contribution < 1.29 is 8.81 Å². The fourth-order valence-electron chi connectivity index (χ4n) is 1.76. The zero-order chi connectivity index (χ0) is 14.8. The Morgan fingerprint density at radius 1 is 1.25 bits per heavy atom. The molecular weight excluding hydrogens is 273 g/mol. The number of nitrogens with one attached hydrogen (secondary N) is 1. The predicted octanol–water partition coefficient (Wildman–Crippen LogP) is 4.77. The smallest absolute Gasteiger partial charge is 0.137 e. The summed E-state index contributed by atoms with van der Waals surface area (Å²) >= 11 is 1.42. The number of hydrogen-bond acceptors (Lipinski definition) is 3. The lowest BCUT2D eigenvalue weighted by Gasteiger charge is -2.21. The molecule has 108 valence electrons. The van der Waals surface area contributed by atoms with Crippen molar-refractivity contribution >= 4 is 11.8 Å². The van der Waals surface area contributed by atoms with Gasteiger partial charge in [0.1, 0.15) is 11.6 Å². The lowest BCUT2D eigenvalue weighted by atomic mass is 10.1. The van der Waals surface area contributed by atoms with Gasteiger partial charge in [-0.1, -0.05) is 23.9 Å². The SMILES string of the molecule is Cc1occc1Sc1c(F)cccc1CNC(C)(C)C. The van der Waals surface area contributed by atoms with Gasteiger partial charge in [-0.2, -0.15) is 0 Å². The van der Waals surface area contributed by atoms with Crippen molar-refractivity contribution in [3.63, 3.8) is 0 Å². The Bertz CT molecular complexity index is 586. The second kappa shape index (κ2) is 6.02. The molecule has 4 heteroatoms. The Hall–Kier alpha value is -1.26. The Kier molecular flexibility index (Phi) is 4.55. The van der Waals surface area contributed by atoms with E-state index in [1.807, 2.05) is 19.1 Å². The minimum atomic E-state index is -0.191. The first-order valence-electron chi connectivity index (χ1n) is 6.61. The van der Waals surface area contributed by atoms with Gasteiger partial charge in [0, 0.05) is 12.1 Å². The highest BCUT2D eigenvalue weighted by molar-refractivity contribution is 7.99. The maximum Gasteiger partial charge on any atom is 0.137 e. The second-order valence-electron chi connectivity index (χ2n) is 5.77. The summed E-state index contributed by atoms with van der Waals surface area (Å²) in [7, 11) is 0. The fraction of sp³-hybridized carbons (Fsp3) is 0.375. The van der Waals surface area contributed by atoms with E-state index >= 15 is 0 Å². The number of rotatable bonds is 4. The molecule has 0 atom stereocenters. The molecule has 0 radical (unpaired) electrons. The van der Waals surface area contributed by atoms with Gasteiger partial charge in [-0.15, -0.1) is 0 Å². The highest BCUT2D eigenvalue weighted by atomic mass is 32.2. The summed E-state index contributed by atoms with van der Waals surface area (Å²) in [4.78, 5) is 1.61. The van der Waals surface area contributed by atoms with E-state index in [1.54, 1.807) is 12.3 Å². The molecule has 1 heterocycles. The largest absolute Gasteiger partial charge is 0.468 e. The molecule has 20 heavy (non-hydrogen) atoms. The normalized spacial score (nSPS) is 11.8. The first kappa shape index (κ1) is 15.1. The first-order valence-corrected chi connectivity index (χ1v) is 7.43. The van der Waals surface area contributed by atoms with Crippen LogP contribution in [0.25, 0.3) is 0 Å². The van der Waals surface area contributed by atoms with E-state index in [9.17, 15) is 4.39 Å². The monoisotopic (exact) mass is 293 g/mol. The van der Waals surface area contributed by atoms with Crippen molar-refractivity contribution in [3.05, 3.63) is 47.7 Å². The van der Waals surface area contributed by atoms with Gasteiger partial charge in [-0.05, 0) is 45.4 Å². The van der Waals surface area contributed by atoms with Gasteiger partial charge in [0.25, 0.3) is 0 Å². The minimum absolute atomic E-state index is 0.000187. The molecule has 2 nitrogen and oxygen atoms in total. The molecule has 0 bridgehead atoms. The average molecular weight is 293 g/mol. The quantitative estimate of drug-likeness (QED) is 0.879. The van der Waals surface area contributed by atoms with Crippen LogP contribution in [0.3, 0.4) is 0 Å². The van der Waals surface area contributed by atoms with Crippen molar-refractivity contribution in [2.75, 3.05) is 0 Å². The number of halogens is 1. The van der Waals surface area contributed by atoms with Crippen LogP contribution >= 0.6 is 11.8 Å². The summed E-state index contributed by atoms with van der Waals surface area (Å²) in [5.41, 5.74) is 0.963. The van der Waals surface area contributed by atoms with Gasteiger partial charge in [0.2, 0.25) is 0 Å². The molecule has 0 aliphatic carbocycles. The molecule has 2 aromatic rings. The Balaban J connectivity index is 2.25. The molecular formula is C16H20FNOS. The molecule has 1 aromatic carbocycles. The van der Waals surface area contributed by atoms with Gasteiger partial charge in [-0.3, -0.25) is 0 Å². The van der Waals surface area contributed by atoms with Crippen LogP contribution in [0.15, 0.2) is 44.7 Å². The van der Waals surface area contributed by atoms with Gasteiger partial charge in [0.15, 0.2) is 0 Å². The van der Waals surface area contributed by atoms with Crippen LogP contribution in [0.1, 0.15) is 32.1 Å². The highest BCUT2D eigenvalue weighted by Crippen LogP contribution is 2.35. The van der Waals surface area contributed by atoms with Gasteiger partial charge < -0.3 is 9.73 Å². The Labute approximate surface area is 123 Å². The summed E-state index contributed by atoms with van der Waals surface area (Å²) in [6.07, 6.45) is 1.63. The predicted molar refractivity (Wildman–Crippen MR) is 80.6 cm³/mol. The van der Waals surface area contributed by atoms with Crippen LogP contribution in [0.5, 0.6) is 0 Å². The summed E-state index contributed by atoms with van der Waals surface area (Å²) < 4.78 is 19.4. The third-order valence-corrected chi connectivity index (χ3v) is 4.19. The maximum atomic E-state index is 14.1. The van der Waals surface area contributed by atoms with Crippen LogP contribution in [-0.2, 0) is 6.54 Å². The van der Waals surface area contributed by atoms with E-state index in [2.05, 4.69) is 26.1 Å². The van der Waals surface area contributed by atoms with E-state index < -0.39 is 0 Å². The second-order valence-corrected chi connectivity index (χ2v) is 6.83. The zero-order valence-electron chi connectivity index (χ0n) is 12.3. The summed E-state index contributed by atoms with van der Waals surface area (Å²) in [5, 5.41) is 3.40. The topological polar surface area (TPSA) is 25.2 Å². The number of benzene rings is 1. The molecule has 0 fully saturated rings. The van der Waals surface area contributed by atoms with Crippen LogP contribution in [0.4, 0.5) is 4.39 Å². The fourth-order valence-corrected chi connectivity index (χ4v) is 2.73. The first-order chi connectivity index (χ1) is 9.37. The summed E-state index contributed by atoms with van der Waals surface area (Å²) in [6, 6.07) is 7.08. The molecule has 1 aromatic heterocycles. The molecule has 0 amide bonds. The third kappa shape index (κ3) is 3.87. The average Bonchev–Trinajstić information content (AvgIpc) is 2.75. The maximum absolute atomic E-state index is 14.1. The van der Waals surface area contributed by atoms with Crippen molar-refractivity contribution in [1.82, 2.24) is 5.32 Å². The minimum Gasteiger partial charge on any atom is -0.468 e.